The van der Waals surface area contributed by atoms with Crippen molar-refractivity contribution < 1.29 is 14.3 Å². The Balaban J connectivity index is 1.56. The molecule has 0 fully saturated rings. The number of hydrogen-bond acceptors (Lipinski definition) is 6. The number of likely N-dealkylation sites (N-methyl/N-ethyl adjacent to an activating group) is 1. The Morgan fingerprint density at radius 2 is 1.86 bits per heavy atom. The van der Waals surface area contributed by atoms with Gasteiger partial charge in [0.25, 0.3) is 11.7 Å². The maximum atomic E-state index is 12.3. The van der Waals surface area contributed by atoms with E-state index in [9.17, 15) is 9.59 Å². The summed E-state index contributed by atoms with van der Waals surface area (Å²) in [5.41, 5.74) is 4.38. The molecule has 3 aromatic rings. The van der Waals surface area contributed by atoms with E-state index in [1.165, 1.54) is 11.2 Å². The summed E-state index contributed by atoms with van der Waals surface area (Å²) in [6.07, 6.45) is 1.44. The van der Waals surface area contributed by atoms with Gasteiger partial charge in [-0.15, -0.1) is 0 Å². The van der Waals surface area contributed by atoms with Gasteiger partial charge >= 0.3 is 5.97 Å². The van der Waals surface area contributed by atoms with Gasteiger partial charge in [-0.3, -0.25) is 9.59 Å². The van der Waals surface area contributed by atoms with Gasteiger partial charge < -0.3 is 9.64 Å². The van der Waals surface area contributed by atoms with Crippen LogP contribution in [0.3, 0.4) is 0 Å². The van der Waals surface area contributed by atoms with E-state index in [0.29, 0.717) is 18.0 Å². The van der Waals surface area contributed by atoms with Gasteiger partial charge in [-0.25, -0.2) is 9.50 Å². The van der Waals surface area contributed by atoms with Crippen molar-refractivity contribution in [2.45, 2.75) is 33.7 Å². The molecule has 3 rings (SSSR count). The van der Waals surface area contributed by atoms with Gasteiger partial charge in [-0.2, -0.15) is 10.1 Å². The molecule has 2 aromatic heterocycles. The van der Waals surface area contributed by atoms with Gasteiger partial charge in [-0.05, 0) is 26.3 Å². The molecule has 0 aliphatic carbocycles. The van der Waals surface area contributed by atoms with Gasteiger partial charge in [0.15, 0.2) is 6.61 Å². The monoisotopic (exact) mass is 381 g/mol. The summed E-state index contributed by atoms with van der Waals surface area (Å²) in [6.45, 7) is 5.84. The van der Waals surface area contributed by atoms with E-state index in [-0.39, 0.29) is 18.9 Å². The van der Waals surface area contributed by atoms with Crippen LogP contribution in [-0.4, -0.2) is 50.0 Å². The first-order valence-corrected chi connectivity index (χ1v) is 8.96. The van der Waals surface area contributed by atoms with E-state index in [2.05, 4.69) is 15.1 Å². The Labute approximate surface area is 163 Å². The molecule has 0 unspecified atom stereocenters. The highest BCUT2D eigenvalue weighted by Crippen LogP contribution is 2.14. The number of ether oxygens (including phenoxy) is 1. The van der Waals surface area contributed by atoms with Gasteiger partial charge in [0, 0.05) is 30.5 Å². The Morgan fingerprint density at radius 1 is 1.14 bits per heavy atom. The zero-order valence-corrected chi connectivity index (χ0v) is 16.5. The van der Waals surface area contributed by atoms with Gasteiger partial charge in [0.2, 0.25) is 0 Å². The van der Waals surface area contributed by atoms with E-state index in [0.717, 1.165) is 22.4 Å². The third-order valence-corrected chi connectivity index (χ3v) is 4.63. The Morgan fingerprint density at radius 3 is 2.57 bits per heavy atom. The van der Waals surface area contributed by atoms with Crippen LogP contribution in [0.5, 0.6) is 0 Å². The molecule has 8 nitrogen and oxygen atoms in total. The highest BCUT2D eigenvalue weighted by Gasteiger charge is 2.17. The lowest BCUT2D eigenvalue weighted by Gasteiger charge is -2.17. The van der Waals surface area contributed by atoms with E-state index in [1.807, 2.05) is 45.0 Å². The molecule has 0 radical (unpaired) electrons. The van der Waals surface area contributed by atoms with Crippen molar-refractivity contribution in [3.8, 4) is 0 Å². The highest BCUT2D eigenvalue weighted by atomic mass is 16.5. The molecule has 0 saturated heterocycles. The number of carbonyl (C=O) groups is 2. The van der Waals surface area contributed by atoms with Crippen molar-refractivity contribution >= 4 is 17.7 Å². The van der Waals surface area contributed by atoms with Crippen LogP contribution in [0.25, 0.3) is 5.78 Å². The molecule has 1 amide bonds. The standard InChI is InChI=1S/C20H23N5O3/c1-13-5-7-16(8-6-13)10-24(4)18(26)11-28-19(27)9-17-14(2)23-20-21-12-22-25(20)15(17)3/h5-8,12H,9-11H2,1-4H3. The number of amides is 1. The second kappa shape index (κ2) is 8.16. The predicted molar refractivity (Wildman–Crippen MR) is 103 cm³/mol. The minimum absolute atomic E-state index is 0.0232. The smallest absolute Gasteiger partial charge is 0.310 e. The summed E-state index contributed by atoms with van der Waals surface area (Å²) >= 11 is 0. The van der Waals surface area contributed by atoms with Crippen molar-refractivity contribution in [2.75, 3.05) is 13.7 Å². The second-order valence-corrected chi connectivity index (χ2v) is 6.81. The van der Waals surface area contributed by atoms with Crippen LogP contribution in [0.1, 0.15) is 28.1 Å². The average molecular weight is 381 g/mol. The molecule has 0 aliphatic rings. The molecule has 0 bridgehead atoms. The normalized spacial score (nSPS) is 10.9. The Hall–Kier alpha value is -3.29. The van der Waals surface area contributed by atoms with Crippen LogP contribution in [0, 0.1) is 20.8 Å². The molecule has 2 heterocycles. The molecular formula is C20H23N5O3. The topological polar surface area (TPSA) is 89.7 Å². The van der Waals surface area contributed by atoms with Gasteiger partial charge in [-0.1, -0.05) is 29.8 Å². The number of carbonyl (C=O) groups excluding carboxylic acids is 2. The Kier molecular flexibility index (Phi) is 5.67. The maximum Gasteiger partial charge on any atom is 0.310 e. The molecular weight excluding hydrogens is 358 g/mol. The van der Waals surface area contributed by atoms with Crippen LogP contribution in [0.15, 0.2) is 30.6 Å². The summed E-state index contributed by atoms with van der Waals surface area (Å²) in [5.74, 6) is -0.253. The largest absolute Gasteiger partial charge is 0.455 e. The first-order valence-electron chi connectivity index (χ1n) is 8.96. The summed E-state index contributed by atoms with van der Waals surface area (Å²) < 4.78 is 6.77. The Bertz CT molecular complexity index is 1010. The van der Waals surface area contributed by atoms with E-state index in [4.69, 9.17) is 4.74 Å². The number of aromatic nitrogens is 4. The summed E-state index contributed by atoms with van der Waals surface area (Å²) in [5, 5.41) is 4.10. The number of hydrogen-bond donors (Lipinski definition) is 0. The molecule has 0 spiro atoms. The molecule has 1 aromatic carbocycles. The number of rotatable bonds is 6. The van der Waals surface area contributed by atoms with Crippen molar-refractivity contribution in [1.82, 2.24) is 24.5 Å². The van der Waals surface area contributed by atoms with Crippen LogP contribution in [0.2, 0.25) is 0 Å². The molecule has 0 atom stereocenters. The van der Waals surface area contributed by atoms with Crippen molar-refractivity contribution in [3.63, 3.8) is 0 Å². The number of nitrogens with zero attached hydrogens (tertiary/aromatic N) is 5. The SMILES string of the molecule is Cc1ccc(CN(C)C(=O)COC(=O)Cc2c(C)nc3ncnn3c2C)cc1. The average Bonchev–Trinajstić information content (AvgIpc) is 3.13. The zero-order valence-electron chi connectivity index (χ0n) is 16.5. The van der Waals surface area contributed by atoms with Crippen LogP contribution >= 0.6 is 0 Å². The van der Waals surface area contributed by atoms with Crippen molar-refractivity contribution in [2.24, 2.45) is 0 Å². The van der Waals surface area contributed by atoms with Crippen LogP contribution in [-0.2, 0) is 27.3 Å². The second-order valence-electron chi connectivity index (χ2n) is 6.81. The van der Waals surface area contributed by atoms with Gasteiger partial charge in [0.05, 0.1) is 6.42 Å². The lowest BCUT2D eigenvalue weighted by Crippen LogP contribution is -2.31. The van der Waals surface area contributed by atoms with Crippen molar-refractivity contribution in [1.29, 1.82) is 0 Å². The molecule has 8 heteroatoms. The van der Waals surface area contributed by atoms with Crippen LogP contribution in [0.4, 0.5) is 0 Å². The minimum atomic E-state index is -0.482. The molecule has 146 valence electrons. The third-order valence-electron chi connectivity index (χ3n) is 4.63. The number of aryl methyl sites for hydroxylation is 3. The third kappa shape index (κ3) is 4.33. The summed E-state index contributed by atoms with van der Waals surface area (Å²) in [7, 11) is 1.69. The van der Waals surface area contributed by atoms with Crippen molar-refractivity contribution in [3.05, 3.63) is 58.7 Å². The summed E-state index contributed by atoms with van der Waals surface area (Å²) in [6, 6.07) is 7.95. The zero-order chi connectivity index (χ0) is 20.3. The first kappa shape index (κ1) is 19.5. The molecule has 0 aliphatic heterocycles. The lowest BCUT2D eigenvalue weighted by molar-refractivity contribution is -0.151. The highest BCUT2D eigenvalue weighted by molar-refractivity contribution is 5.81. The maximum absolute atomic E-state index is 12.3. The molecule has 0 saturated carbocycles. The van der Waals surface area contributed by atoms with E-state index >= 15 is 0 Å². The minimum Gasteiger partial charge on any atom is -0.455 e. The first-order chi connectivity index (χ1) is 13.3. The number of fused-ring (bicyclic) bond motifs is 1. The van der Waals surface area contributed by atoms with E-state index < -0.39 is 5.97 Å². The summed E-state index contributed by atoms with van der Waals surface area (Å²) in [4.78, 5) is 34.4. The number of benzene rings is 1. The van der Waals surface area contributed by atoms with Crippen LogP contribution < -0.4 is 0 Å². The van der Waals surface area contributed by atoms with E-state index in [1.54, 1.807) is 11.6 Å². The lowest BCUT2D eigenvalue weighted by atomic mass is 10.1. The predicted octanol–water partition coefficient (Wildman–Crippen LogP) is 1.79. The quantitative estimate of drug-likeness (QED) is 0.605. The fourth-order valence-corrected chi connectivity index (χ4v) is 2.91. The number of esters is 1. The fraction of sp³-hybridized carbons (Fsp3) is 0.350. The van der Waals surface area contributed by atoms with Gasteiger partial charge in [0.1, 0.15) is 6.33 Å². The fourth-order valence-electron chi connectivity index (χ4n) is 2.91. The molecule has 0 N–H and O–H groups in total. The molecule has 28 heavy (non-hydrogen) atoms.